The minimum atomic E-state index is -0.241. The van der Waals surface area contributed by atoms with E-state index in [4.69, 9.17) is 0 Å². The number of hydrogen-bond acceptors (Lipinski definition) is 6. The minimum Gasteiger partial charge on any atom is -0.357 e. The zero-order valence-electron chi connectivity index (χ0n) is 21.5. The Labute approximate surface area is 210 Å². The van der Waals surface area contributed by atoms with Crippen molar-refractivity contribution in [3.05, 3.63) is 23.9 Å². The molecule has 192 valence electrons. The lowest BCUT2D eigenvalue weighted by molar-refractivity contribution is -0.134. The Morgan fingerprint density at radius 1 is 0.886 bits per heavy atom. The second-order valence-electron chi connectivity index (χ2n) is 11.6. The normalized spacial score (nSPS) is 26.8. The molecule has 1 aromatic rings. The molecule has 0 aliphatic carbocycles. The summed E-state index contributed by atoms with van der Waals surface area (Å²) in [6.45, 7) is 8.46. The van der Waals surface area contributed by atoms with Crippen molar-refractivity contribution in [1.29, 1.82) is 0 Å². The van der Waals surface area contributed by atoms with Crippen molar-refractivity contribution >= 4 is 17.6 Å². The van der Waals surface area contributed by atoms with Crippen LogP contribution in [0.1, 0.15) is 69.3 Å². The van der Waals surface area contributed by atoms with Crippen LogP contribution in [0.4, 0.5) is 5.82 Å². The van der Waals surface area contributed by atoms with Gasteiger partial charge in [0.1, 0.15) is 5.82 Å². The Hall–Kier alpha value is -1.99. The number of imide groups is 1. The van der Waals surface area contributed by atoms with Crippen LogP contribution in [0.3, 0.4) is 0 Å². The van der Waals surface area contributed by atoms with Gasteiger partial charge in [0, 0.05) is 32.3 Å². The van der Waals surface area contributed by atoms with Gasteiger partial charge in [-0.15, -0.1) is 0 Å². The molecule has 2 amide bonds. The first kappa shape index (κ1) is 24.7. The van der Waals surface area contributed by atoms with Crippen molar-refractivity contribution in [3.63, 3.8) is 0 Å². The lowest BCUT2D eigenvalue weighted by Gasteiger charge is -2.39. The molecule has 1 aromatic heterocycles. The molecule has 7 heteroatoms. The summed E-state index contributed by atoms with van der Waals surface area (Å²) in [5.74, 6) is 3.08. The van der Waals surface area contributed by atoms with Crippen LogP contribution in [-0.4, -0.2) is 79.5 Å². The van der Waals surface area contributed by atoms with Gasteiger partial charge in [0.2, 0.25) is 11.8 Å². The SMILES string of the molecule is CN1CCC(CC2CCN(CC3CCN(c4cc(C5CCC(=O)NC5=O)ccn4)CC3)CC2)CC1. The molecule has 1 N–H and O–H groups in total. The van der Waals surface area contributed by atoms with Crippen LogP contribution in [0.5, 0.6) is 0 Å². The first-order chi connectivity index (χ1) is 17.0. The number of nitrogens with one attached hydrogen (secondary N) is 1. The smallest absolute Gasteiger partial charge is 0.234 e. The van der Waals surface area contributed by atoms with Gasteiger partial charge >= 0.3 is 0 Å². The van der Waals surface area contributed by atoms with E-state index in [1.807, 2.05) is 12.3 Å². The Morgan fingerprint density at radius 2 is 1.54 bits per heavy atom. The maximum atomic E-state index is 12.3. The molecule has 5 rings (SSSR count). The average molecular weight is 482 g/mol. The molecule has 35 heavy (non-hydrogen) atoms. The van der Waals surface area contributed by atoms with E-state index >= 15 is 0 Å². The van der Waals surface area contributed by atoms with E-state index in [-0.39, 0.29) is 17.7 Å². The van der Waals surface area contributed by atoms with Crippen LogP contribution < -0.4 is 10.2 Å². The average Bonchev–Trinajstić information content (AvgIpc) is 2.87. The first-order valence-electron chi connectivity index (χ1n) is 14.0. The Balaban J connectivity index is 1.05. The molecule has 0 aromatic carbocycles. The van der Waals surface area contributed by atoms with Crippen molar-refractivity contribution in [2.75, 3.05) is 57.8 Å². The van der Waals surface area contributed by atoms with Crippen LogP contribution in [-0.2, 0) is 9.59 Å². The van der Waals surface area contributed by atoms with E-state index in [0.29, 0.717) is 12.8 Å². The molecular weight excluding hydrogens is 438 g/mol. The van der Waals surface area contributed by atoms with Gasteiger partial charge in [-0.25, -0.2) is 4.98 Å². The van der Waals surface area contributed by atoms with Crippen molar-refractivity contribution in [1.82, 2.24) is 20.1 Å². The molecule has 0 saturated carbocycles. The van der Waals surface area contributed by atoms with Gasteiger partial charge in [-0.2, -0.15) is 0 Å². The number of piperidine rings is 4. The topological polar surface area (TPSA) is 68.8 Å². The molecule has 0 radical (unpaired) electrons. The van der Waals surface area contributed by atoms with Crippen molar-refractivity contribution in [2.24, 2.45) is 17.8 Å². The molecule has 1 unspecified atom stereocenters. The molecule has 5 heterocycles. The maximum Gasteiger partial charge on any atom is 0.234 e. The summed E-state index contributed by atoms with van der Waals surface area (Å²) in [5, 5.41) is 2.48. The third-order valence-corrected chi connectivity index (χ3v) is 9.08. The van der Waals surface area contributed by atoms with Crippen LogP contribution in [0.15, 0.2) is 18.3 Å². The van der Waals surface area contributed by atoms with Crippen LogP contribution >= 0.6 is 0 Å². The van der Waals surface area contributed by atoms with E-state index in [0.717, 1.165) is 42.2 Å². The second-order valence-corrected chi connectivity index (χ2v) is 11.6. The summed E-state index contributed by atoms with van der Waals surface area (Å²) < 4.78 is 0. The van der Waals surface area contributed by atoms with Crippen molar-refractivity contribution in [3.8, 4) is 0 Å². The highest BCUT2D eigenvalue weighted by molar-refractivity contribution is 6.00. The molecule has 0 bridgehead atoms. The van der Waals surface area contributed by atoms with Crippen LogP contribution in [0.2, 0.25) is 0 Å². The zero-order valence-corrected chi connectivity index (χ0v) is 21.5. The van der Waals surface area contributed by atoms with Gasteiger partial charge in [0.25, 0.3) is 0 Å². The number of rotatable bonds is 6. The zero-order chi connectivity index (χ0) is 24.2. The van der Waals surface area contributed by atoms with Gasteiger partial charge < -0.3 is 14.7 Å². The minimum absolute atomic E-state index is 0.163. The fraction of sp³-hybridized carbons (Fsp3) is 0.750. The van der Waals surface area contributed by atoms with E-state index in [9.17, 15) is 9.59 Å². The fourth-order valence-electron chi connectivity index (χ4n) is 6.72. The predicted octanol–water partition coefficient (Wildman–Crippen LogP) is 3.26. The highest BCUT2D eigenvalue weighted by Crippen LogP contribution is 2.32. The standard InChI is InChI=1S/C28H43N5O2/c1-31-12-5-21(6-13-31)18-22-7-14-32(15-8-22)20-23-9-16-33(17-10-23)26-19-24(4-11-29-26)25-2-3-27(34)30-28(25)35/h4,11,19,21-23,25H,2-3,5-10,12-18,20H2,1H3,(H,30,34,35). The summed E-state index contributed by atoms with van der Waals surface area (Å²) >= 11 is 0. The number of anilines is 1. The molecule has 0 spiro atoms. The van der Waals surface area contributed by atoms with Crippen LogP contribution in [0, 0.1) is 17.8 Å². The Kier molecular flexibility index (Phi) is 8.03. The number of pyridine rings is 1. The van der Waals surface area contributed by atoms with Gasteiger partial charge in [0.05, 0.1) is 5.92 Å². The highest BCUT2D eigenvalue weighted by atomic mass is 16.2. The van der Waals surface area contributed by atoms with E-state index in [1.54, 1.807) is 0 Å². The number of carbonyl (C=O) groups excluding carboxylic acids is 2. The van der Waals surface area contributed by atoms with Gasteiger partial charge in [0.15, 0.2) is 0 Å². The second kappa shape index (κ2) is 11.4. The van der Waals surface area contributed by atoms with Crippen molar-refractivity contribution < 1.29 is 9.59 Å². The third kappa shape index (κ3) is 6.42. The quantitative estimate of drug-likeness (QED) is 0.629. The summed E-state index contributed by atoms with van der Waals surface area (Å²) in [4.78, 5) is 36.0. The molecule has 4 aliphatic rings. The molecule has 4 fully saturated rings. The first-order valence-corrected chi connectivity index (χ1v) is 14.0. The van der Waals surface area contributed by atoms with Gasteiger partial charge in [-0.3, -0.25) is 14.9 Å². The Bertz CT molecular complexity index is 868. The summed E-state index contributed by atoms with van der Waals surface area (Å²) in [6.07, 6.45) is 12.3. The summed E-state index contributed by atoms with van der Waals surface area (Å²) in [5.41, 5.74) is 0.977. The number of hydrogen-bond donors (Lipinski definition) is 1. The van der Waals surface area contributed by atoms with Crippen LogP contribution in [0.25, 0.3) is 0 Å². The molecular formula is C28H43N5O2. The number of nitrogens with zero attached hydrogens (tertiary/aromatic N) is 4. The number of aromatic nitrogens is 1. The van der Waals surface area contributed by atoms with Crippen molar-refractivity contribution in [2.45, 2.75) is 63.7 Å². The number of carbonyl (C=O) groups is 2. The molecule has 1 atom stereocenters. The lowest BCUT2D eigenvalue weighted by atomic mass is 9.82. The Morgan fingerprint density at radius 3 is 2.23 bits per heavy atom. The highest BCUT2D eigenvalue weighted by Gasteiger charge is 2.30. The fourth-order valence-corrected chi connectivity index (χ4v) is 6.72. The van der Waals surface area contributed by atoms with E-state index < -0.39 is 0 Å². The molecule has 4 aliphatic heterocycles. The number of likely N-dealkylation sites (tertiary alicyclic amines) is 2. The van der Waals surface area contributed by atoms with Gasteiger partial charge in [-0.1, -0.05) is 0 Å². The summed E-state index contributed by atoms with van der Waals surface area (Å²) in [6, 6.07) is 3.99. The van der Waals surface area contributed by atoms with E-state index in [1.165, 1.54) is 77.7 Å². The monoisotopic (exact) mass is 481 g/mol. The largest absolute Gasteiger partial charge is 0.357 e. The van der Waals surface area contributed by atoms with E-state index in [2.05, 4.69) is 38.1 Å². The maximum absolute atomic E-state index is 12.3. The molecule has 7 nitrogen and oxygen atoms in total. The van der Waals surface area contributed by atoms with Gasteiger partial charge in [-0.05, 0) is 120 Å². The lowest BCUT2D eigenvalue weighted by Crippen LogP contribution is -2.42. The molecule has 4 saturated heterocycles. The number of amides is 2. The third-order valence-electron chi connectivity index (χ3n) is 9.08. The summed E-state index contributed by atoms with van der Waals surface area (Å²) in [7, 11) is 2.26. The predicted molar refractivity (Wildman–Crippen MR) is 138 cm³/mol.